The van der Waals surface area contributed by atoms with Gasteiger partial charge >= 0.3 is 0 Å². The Morgan fingerprint density at radius 1 is 1.56 bits per heavy atom. The number of furan rings is 1. The van der Waals surface area contributed by atoms with E-state index in [4.69, 9.17) is 4.42 Å². The second-order valence-corrected chi connectivity index (χ2v) is 5.94. The summed E-state index contributed by atoms with van der Waals surface area (Å²) in [6, 6.07) is 1.57. The van der Waals surface area contributed by atoms with Gasteiger partial charge in [0.25, 0.3) is 5.91 Å². The maximum absolute atomic E-state index is 12.0. The molecule has 96 valence electrons. The fourth-order valence-corrected chi connectivity index (χ4v) is 3.09. The summed E-state index contributed by atoms with van der Waals surface area (Å²) in [6.07, 6.45) is 1.48. The van der Waals surface area contributed by atoms with Gasteiger partial charge in [-0.2, -0.15) is 0 Å². The minimum absolute atomic E-state index is 0.0644. The molecule has 18 heavy (non-hydrogen) atoms. The van der Waals surface area contributed by atoms with Crippen molar-refractivity contribution in [3.8, 4) is 0 Å². The average Bonchev–Trinajstić information content (AvgIpc) is 2.84. The van der Waals surface area contributed by atoms with Gasteiger partial charge in [-0.3, -0.25) is 4.79 Å². The molecule has 0 aliphatic carbocycles. The standard InChI is InChI=1S/C12H13BrN2O2S/c1-6-10(18-8(3)14-6)7(2)15-12(16)9-4-5-17-11(9)13/h4-5,7H,1-3H3,(H,15,16). The van der Waals surface area contributed by atoms with Crippen LogP contribution in [0.1, 0.15) is 38.9 Å². The lowest BCUT2D eigenvalue weighted by atomic mass is 10.2. The van der Waals surface area contributed by atoms with Crippen LogP contribution in [-0.4, -0.2) is 10.9 Å². The number of nitrogens with one attached hydrogen (secondary N) is 1. The predicted molar refractivity (Wildman–Crippen MR) is 73.9 cm³/mol. The first-order valence-electron chi connectivity index (χ1n) is 5.47. The van der Waals surface area contributed by atoms with E-state index in [1.165, 1.54) is 6.26 Å². The largest absolute Gasteiger partial charge is 0.457 e. The topological polar surface area (TPSA) is 55.1 Å². The molecule has 0 radical (unpaired) electrons. The fourth-order valence-electron chi connectivity index (χ4n) is 1.74. The van der Waals surface area contributed by atoms with Gasteiger partial charge in [-0.1, -0.05) is 0 Å². The van der Waals surface area contributed by atoms with Crippen LogP contribution in [0.15, 0.2) is 21.4 Å². The lowest BCUT2D eigenvalue weighted by molar-refractivity contribution is 0.0938. The summed E-state index contributed by atoms with van der Waals surface area (Å²) in [4.78, 5) is 17.5. The molecule has 0 aliphatic heterocycles. The Labute approximate surface area is 118 Å². The molecule has 1 amide bonds. The van der Waals surface area contributed by atoms with E-state index in [0.29, 0.717) is 10.2 Å². The third-order valence-corrected chi connectivity index (χ3v) is 4.41. The highest BCUT2D eigenvalue weighted by Gasteiger charge is 2.18. The first kappa shape index (κ1) is 13.3. The molecule has 2 aromatic rings. The van der Waals surface area contributed by atoms with Crippen molar-refractivity contribution >= 4 is 33.2 Å². The summed E-state index contributed by atoms with van der Waals surface area (Å²) >= 11 is 4.80. The number of hydrogen-bond donors (Lipinski definition) is 1. The van der Waals surface area contributed by atoms with Gasteiger partial charge in [-0.25, -0.2) is 4.98 Å². The van der Waals surface area contributed by atoms with Gasteiger partial charge < -0.3 is 9.73 Å². The zero-order chi connectivity index (χ0) is 13.3. The molecule has 1 unspecified atom stereocenters. The SMILES string of the molecule is Cc1nc(C)c(C(C)NC(=O)c2ccoc2Br)s1. The number of aryl methyl sites for hydroxylation is 2. The van der Waals surface area contributed by atoms with Crippen molar-refractivity contribution in [2.24, 2.45) is 0 Å². The lowest BCUT2D eigenvalue weighted by Gasteiger charge is -2.12. The van der Waals surface area contributed by atoms with Crippen molar-refractivity contribution < 1.29 is 9.21 Å². The lowest BCUT2D eigenvalue weighted by Crippen LogP contribution is -2.26. The van der Waals surface area contributed by atoms with Crippen LogP contribution in [0.2, 0.25) is 0 Å². The third kappa shape index (κ3) is 2.64. The summed E-state index contributed by atoms with van der Waals surface area (Å²) in [7, 11) is 0. The van der Waals surface area contributed by atoms with Crippen LogP contribution in [-0.2, 0) is 0 Å². The molecule has 1 atom stereocenters. The van der Waals surface area contributed by atoms with Gasteiger partial charge in [0.1, 0.15) is 0 Å². The van der Waals surface area contributed by atoms with E-state index in [2.05, 4.69) is 26.2 Å². The fraction of sp³-hybridized carbons (Fsp3) is 0.333. The van der Waals surface area contributed by atoms with Crippen molar-refractivity contribution in [1.82, 2.24) is 10.3 Å². The van der Waals surface area contributed by atoms with E-state index < -0.39 is 0 Å². The molecule has 0 saturated heterocycles. The predicted octanol–water partition coefficient (Wildman–Crippen LogP) is 3.61. The number of thiazole rings is 1. The smallest absolute Gasteiger partial charge is 0.256 e. The van der Waals surface area contributed by atoms with Crippen molar-refractivity contribution in [2.45, 2.75) is 26.8 Å². The highest BCUT2D eigenvalue weighted by atomic mass is 79.9. The molecule has 0 bridgehead atoms. The van der Waals surface area contributed by atoms with Crippen LogP contribution in [0.4, 0.5) is 0 Å². The number of hydrogen-bond acceptors (Lipinski definition) is 4. The molecule has 0 saturated carbocycles. The van der Waals surface area contributed by atoms with Crippen LogP contribution in [0.5, 0.6) is 0 Å². The normalized spacial score (nSPS) is 12.4. The third-order valence-electron chi connectivity index (χ3n) is 2.54. The molecule has 2 heterocycles. The summed E-state index contributed by atoms with van der Waals surface area (Å²) in [6.45, 7) is 5.86. The minimum Gasteiger partial charge on any atom is -0.457 e. The second kappa shape index (κ2) is 5.24. The van der Waals surface area contributed by atoms with Crippen LogP contribution in [0.3, 0.4) is 0 Å². The highest BCUT2D eigenvalue weighted by molar-refractivity contribution is 9.10. The first-order chi connectivity index (χ1) is 8.49. The van der Waals surface area contributed by atoms with Crippen LogP contribution in [0, 0.1) is 13.8 Å². The summed E-state index contributed by atoms with van der Waals surface area (Å²) in [5, 5.41) is 3.94. The number of carbonyl (C=O) groups is 1. The van der Waals surface area contributed by atoms with Crippen LogP contribution < -0.4 is 5.32 Å². The molecule has 2 rings (SSSR count). The van der Waals surface area contributed by atoms with E-state index >= 15 is 0 Å². The molecule has 0 spiro atoms. The van der Waals surface area contributed by atoms with Gasteiger partial charge in [-0.05, 0) is 42.8 Å². The molecule has 6 heteroatoms. The maximum atomic E-state index is 12.0. The molecule has 1 N–H and O–H groups in total. The van der Waals surface area contributed by atoms with E-state index in [1.54, 1.807) is 17.4 Å². The van der Waals surface area contributed by atoms with Gasteiger partial charge in [-0.15, -0.1) is 11.3 Å². The van der Waals surface area contributed by atoms with E-state index in [1.807, 2.05) is 20.8 Å². The highest BCUT2D eigenvalue weighted by Crippen LogP contribution is 2.25. The van der Waals surface area contributed by atoms with Crippen molar-refractivity contribution in [3.05, 3.63) is 38.1 Å². The second-order valence-electron chi connectivity index (χ2n) is 3.99. The number of carbonyl (C=O) groups excluding carboxylic acids is 1. The summed E-state index contributed by atoms with van der Waals surface area (Å²) in [5.74, 6) is -0.159. The maximum Gasteiger partial charge on any atom is 0.256 e. The number of halogens is 1. The summed E-state index contributed by atoms with van der Waals surface area (Å²) in [5.41, 5.74) is 1.47. The molecule has 0 aromatic carbocycles. The Balaban J connectivity index is 2.13. The first-order valence-corrected chi connectivity index (χ1v) is 7.07. The molecule has 4 nitrogen and oxygen atoms in total. The van der Waals surface area contributed by atoms with E-state index in [-0.39, 0.29) is 11.9 Å². The number of aromatic nitrogens is 1. The van der Waals surface area contributed by atoms with Crippen molar-refractivity contribution in [3.63, 3.8) is 0 Å². The summed E-state index contributed by atoms with van der Waals surface area (Å²) < 4.78 is 5.50. The Morgan fingerprint density at radius 3 is 2.78 bits per heavy atom. The van der Waals surface area contributed by atoms with E-state index in [0.717, 1.165) is 15.6 Å². The zero-order valence-electron chi connectivity index (χ0n) is 10.3. The molecular formula is C12H13BrN2O2S. The zero-order valence-corrected chi connectivity index (χ0v) is 12.7. The molecular weight excluding hydrogens is 316 g/mol. The van der Waals surface area contributed by atoms with E-state index in [9.17, 15) is 4.79 Å². The van der Waals surface area contributed by atoms with Crippen LogP contribution in [0.25, 0.3) is 0 Å². The Bertz CT molecular complexity index is 576. The Hall–Kier alpha value is -1.14. The van der Waals surface area contributed by atoms with Gasteiger partial charge in [0.2, 0.25) is 0 Å². The average molecular weight is 329 g/mol. The van der Waals surface area contributed by atoms with Gasteiger partial charge in [0.05, 0.1) is 28.6 Å². The monoisotopic (exact) mass is 328 g/mol. The molecule has 0 aliphatic rings. The molecule has 2 aromatic heterocycles. The van der Waals surface area contributed by atoms with Crippen LogP contribution >= 0.6 is 27.3 Å². The number of amides is 1. The van der Waals surface area contributed by atoms with Gasteiger partial charge in [0.15, 0.2) is 4.67 Å². The van der Waals surface area contributed by atoms with Crippen molar-refractivity contribution in [1.29, 1.82) is 0 Å². The Kier molecular flexibility index (Phi) is 3.87. The quantitative estimate of drug-likeness (QED) is 0.936. The Morgan fingerprint density at radius 2 is 2.28 bits per heavy atom. The van der Waals surface area contributed by atoms with Gasteiger partial charge in [0, 0.05) is 4.88 Å². The van der Waals surface area contributed by atoms with Crippen molar-refractivity contribution in [2.75, 3.05) is 0 Å². The minimum atomic E-state index is -0.159. The molecule has 0 fully saturated rings. The number of nitrogens with zero attached hydrogens (tertiary/aromatic N) is 1. The number of rotatable bonds is 3.